The van der Waals surface area contributed by atoms with Crippen molar-refractivity contribution in [3.05, 3.63) is 45.8 Å². The van der Waals surface area contributed by atoms with E-state index in [4.69, 9.17) is 14.4 Å². The van der Waals surface area contributed by atoms with Crippen LogP contribution in [0.15, 0.2) is 33.3 Å². The molecule has 122 valence electrons. The number of benzene rings is 1. The quantitative estimate of drug-likeness (QED) is 0.795. The van der Waals surface area contributed by atoms with Crippen molar-refractivity contribution in [3.63, 3.8) is 0 Å². The van der Waals surface area contributed by atoms with Crippen molar-refractivity contribution in [3.8, 4) is 5.75 Å². The van der Waals surface area contributed by atoms with Gasteiger partial charge in [0.2, 0.25) is 0 Å². The molecule has 2 rings (SSSR count). The van der Waals surface area contributed by atoms with Crippen LogP contribution in [0.5, 0.6) is 5.75 Å². The van der Waals surface area contributed by atoms with Crippen molar-refractivity contribution >= 4 is 27.8 Å². The second-order valence-corrected chi connectivity index (χ2v) is 5.76. The molecule has 1 amide bonds. The maximum absolute atomic E-state index is 11.9. The molecule has 0 unspecified atom stereocenters. The summed E-state index contributed by atoms with van der Waals surface area (Å²) in [7, 11) is 0. The Morgan fingerprint density at radius 3 is 2.74 bits per heavy atom. The lowest BCUT2D eigenvalue weighted by Crippen LogP contribution is -2.38. The highest BCUT2D eigenvalue weighted by Gasteiger charge is 2.16. The second kappa shape index (κ2) is 7.28. The number of aliphatic carboxylic acids is 1. The lowest BCUT2D eigenvalue weighted by molar-refractivity contribution is -0.138. The van der Waals surface area contributed by atoms with Gasteiger partial charge in [-0.2, -0.15) is 0 Å². The lowest BCUT2D eigenvalue weighted by Gasteiger charge is -2.11. The number of hydrogen-bond acceptors (Lipinski definition) is 5. The highest BCUT2D eigenvalue weighted by molar-refractivity contribution is 9.10. The predicted molar refractivity (Wildman–Crippen MR) is 84.3 cm³/mol. The number of ether oxygens (including phenoxy) is 1. The number of hydrogen-bond donors (Lipinski definition) is 2. The maximum Gasteiger partial charge on any atom is 0.325 e. The van der Waals surface area contributed by atoms with Crippen LogP contribution in [0.25, 0.3) is 0 Å². The Bertz CT molecular complexity index is 728. The molecule has 2 N–H and O–H groups in total. The van der Waals surface area contributed by atoms with E-state index in [1.165, 1.54) is 6.92 Å². The minimum absolute atomic E-state index is 0.209. The van der Waals surface area contributed by atoms with Crippen LogP contribution in [0.4, 0.5) is 0 Å². The van der Waals surface area contributed by atoms with E-state index >= 15 is 0 Å². The molecular weight excluding hydrogens is 368 g/mol. The van der Waals surface area contributed by atoms with Crippen LogP contribution < -0.4 is 10.1 Å². The summed E-state index contributed by atoms with van der Waals surface area (Å²) in [4.78, 5) is 22.7. The first-order valence-corrected chi connectivity index (χ1v) is 7.54. The number of rotatable bonds is 6. The standard InChI is InChI=1S/C15H15BrN2O5/c1-8-5-11(23-18-8)7-22-13-4-3-10(6-12(13)16)14(19)17-9(2)15(20)21/h3-6,9H,7H2,1-2H3,(H,17,19)(H,20,21)/t9-/m1/s1. The monoisotopic (exact) mass is 382 g/mol. The Hall–Kier alpha value is -2.35. The number of carbonyl (C=O) groups is 2. The number of amides is 1. The van der Waals surface area contributed by atoms with Crippen molar-refractivity contribution in [1.29, 1.82) is 0 Å². The second-order valence-electron chi connectivity index (χ2n) is 4.90. The summed E-state index contributed by atoms with van der Waals surface area (Å²) >= 11 is 3.32. The van der Waals surface area contributed by atoms with Gasteiger partial charge in [-0.1, -0.05) is 5.16 Å². The first-order valence-electron chi connectivity index (χ1n) is 6.75. The Balaban J connectivity index is 2.02. The van der Waals surface area contributed by atoms with Gasteiger partial charge in [0.15, 0.2) is 5.76 Å². The zero-order valence-electron chi connectivity index (χ0n) is 12.5. The average molecular weight is 383 g/mol. The van der Waals surface area contributed by atoms with Gasteiger partial charge in [0.25, 0.3) is 5.91 Å². The van der Waals surface area contributed by atoms with Gasteiger partial charge >= 0.3 is 5.97 Å². The van der Waals surface area contributed by atoms with E-state index in [2.05, 4.69) is 26.4 Å². The van der Waals surface area contributed by atoms with Gasteiger partial charge in [0.05, 0.1) is 10.2 Å². The van der Waals surface area contributed by atoms with Crippen LogP contribution in [-0.4, -0.2) is 28.2 Å². The van der Waals surface area contributed by atoms with Gasteiger partial charge in [-0.3, -0.25) is 9.59 Å². The van der Waals surface area contributed by atoms with E-state index < -0.39 is 17.9 Å². The van der Waals surface area contributed by atoms with Crippen molar-refractivity contribution in [2.24, 2.45) is 0 Å². The fourth-order valence-electron chi connectivity index (χ4n) is 1.73. The predicted octanol–water partition coefficient (Wildman–Crippen LogP) is 2.53. The van der Waals surface area contributed by atoms with Crippen molar-refractivity contribution in [1.82, 2.24) is 10.5 Å². The molecule has 0 bridgehead atoms. The smallest absolute Gasteiger partial charge is 0.325 e. The number of aryl methyl sites for hydroxylation is 1. The number of aromatic nitrogens is 1. The maximum atomic E-state index is 11.9. The molecule has 0 saturated heterocycles. The minimum Gasteiger partial charge on any atom is -0.484 e. The van der Waals surface area contributed by atoms with E-state index in [0.29, 0.717) is 21.5 Å². The summed E-state index contributed by atoms with van der Waals surface area (Å²) in [6.07, 6.45) is 0. The van der Waals surface area contributed by atoms with Crippen LogP contribution in [0.1, 0.15) is 28.7 Å². The summed E-state index contributed by atoms with van der Waals surface area (Å²) in [5.41, 5.74) is 1.09. The van der Waals surface area contributed by atoms with E-state index in [9.17, 15) is 9.59 Å². The molecule has 0 aliphatic heterocycles. The Morgan fingerprint density at radius 2 is 2.17 bits per heavy atom. The third-order valence-electron chi connectivity index (χ3n) is 2.96. The molecule has 0 spiro atoms. The van der Waals surface area contributed by atoms with E-state index in [0.717, 1.165) is 5.69 Å². The Labute approximate surface area is 140 Å². The molecule has 1 heterocycles. The molecular formula is C15H15BrN2O5. The summed E-state index contributed by atoms with van der Waals surface area (Å²) in [6.45, 7) is 3.42. The van der Waals surface area contributed by atoms with Gasteiger partial charge < -0.3 is 19.7 Å². The zero-order valence-corrected chi connectivity index (χ0v) is 14.1. The van der Waals surface area contributed by atoms with E-state index in [1.54, 1.807) is 24.3 Å². The number of halogens is 1. The van der Waals surface area contributed by atoms with Gasteiger partial charge in [-0.15, -0.1) is 0 Å². The molecule has 23 heavy (non-hydrogen) atoms. The molecule has 0 saturated carbocycles. The first kappa shape index (κ1) is 17.0. The number of carboxylic acids is 1. The van der Waals surface area contributed by atoms with Gasteiger partial charge in [-0.25, -0.2) is 0 Å². The van der Waals surface area contributed by atoms with Crippen molar-refractivity contribution < 1.29 is 24.0 Å². The number of nitrogens with one attached hydrogen (secondary N) is 1. The van der Waals surface area contributed by atoms with Crippen LogP contribution >= 0.6 is 15.9 Å². The van der Waals surface area contributed by atoms with Crippen molar-refractivity contribution in [2.75, 3.05) is 0 Å². The first-order chi connectivity index (χ1) is 10.9. The number of carboxylic acid groups (broad SMARTS) is 1. The normalized spacial score (nSPS) is 11.8. The molecule has 1 aromatic heterocycles. The minimum atomic E-state index is -1.10. The molecule has 1 atom stereocenters. The third-order valence-corrected chi connectivity index (χ3v) is 3.58. The zero-order chi connectivity index (χ0) is 17.0. The van der Waals surface area contributed by atoms with Gasteiger partial charge in [0, 0.05) is 11.6 Å². The highest BCUT2D eigenvalue weighted by atomic mass is 79.9. The molecule has 8 heteroatoms. The summed E-state index contributed by atoms with van der Waals surface area (Å²) in [5.74, 6) is -0.453. The Kier molecular flexibility index (Phi) is 5.38. The molecule has 0 radical (unpaired) electrons. The summed E-state index contributed by atoms with van der Waals surface area (Å²) in [6, 6.07) is 5.53. The molecule has 7 nitrogen and oxygen atoms in total. The molecule has 0 aliphatic rings. The van der Waals surface area contributed by atoms with Gasteiger partial charge in [-0.05, 0) is 48.0 Å². The van der Waals surface area contributed by atoms with Crippen LogP contribution in [0, 0.1) is 6.92 Å². The van der Waals surface area contributed by atoms with Crippen LogP contribution in [0.3, 0.4) is 0 Å². The fraction of sp³-hybridized carbons (Fsp3) is 0.267. The lowest BCUT2D eigenvalue weighted by atomic mass is 10.2. The van der Waals surface area contributed by atoms with E-state index in [1.807, 2.05) is 6.92 Å². The SMILES string of the molecule is Cc1cc(COc2ccc(C(=O)N[C@H](C)C(=O)O)cc2Br)on1. The van der Waals surface area contributed by atoms with Crippen LogP contribution in [0.2, 0.25) is 0 Å². The molecule has 0 aliphatic carbocycles. The highest BCUT2D eigenvalue weighted by Crippen LogP contribution is 2.27. The Morgan fingerprint density at radius 1 is 1.43 bits per heavy atom. The van der Waals surface area contributed by atoms with Gasteiger partial charge in [0.1, 0.15) is 18.4 Å². The largest absolute Gasteiger partial charge is 0.484 e. The third kappa shape index (κ3) is 4.56. The number of carbonyl (C=O) groups excluding carboxylic acids is 1. The molecule has 2 aromatic rings. The summed E-state index contributed by atoms with van der Waals surface area (Å²) in [5, 5.41) is 14.9. The number of nitrogens with zero attached hydrogens (tertiary/aromatic N) is 1. The fourth-order valence-corrected chi connectivity index (χ4v) is 2.23. The van der Waals surface area contributed by atoms with Crippen molar-refractivity contribution in [2.45, 2.75) is 26.5 Å². The topological polar surface area (TPSA) is 102 Å². The molecule has 1 aromatic carbocycles. The molecule has 0 fully saturated rings. The summed E-state index contributed by atoms with van der Waals surface area (Å²) < 4.78 is 11.2. The van der Waals surface area contributed by atoms with Crippen LogP contribution in [-0.2, 0) is 11.4 Å². The van der Waals surface area contributed by atoms with E-state index in [-0.39, 0.29) is 6.61 Å². The average Bonchev–Trinajstić information content (AvgIpc) is 2.91.